The number of halogens is 1. The first-order valence-corrected chi connectivity index (χ1v) is 11.2. The fourth-order valence-corrected chi connectivity index (χ4v) is 4.19. The van der Waals surface area contributed by atoms with Crippen molar-refractivity contribution in [1.29, 1.82) is 0 Å². The number of fused-ring (bicyclic) bond motifs is 1. The van der Waals surface area contributed by atoms with Gasteiger partial charge < -0.3 is 20.1 Å². The third kappa shape index (κ3) is 5.27. The summed E-state index contributed by atoms with van der Waals surface area (Å²) in [6.07, 6.45) is 0.880. The second-order valence-corrected chi connectivity index (χ2v) is 8.27. The van der Waals surface area contributed by atoms with Gasteiger partial charge in [0.2, 0.25) is 0 Å². The highest BCUT2D eigenvalue weighted by Crippen LogP contribution is 2.36. The van der Waals surface area contributed by atoms with E-state index in [0.717, 1.165) is 5.56 Å². The largest absolute Gasteiger partial charge is 0.480 e. The van der Waals surface area contributed by atoms with E-state index in [1.807, 2.05) is 24.3 Å². The number of nitrogens with zero attached hydrogens (tertiary/aromatic N) is 1. The lowest BCUT2D eigenvalue weighted by atomic mass is 10.0. The highest BCUT2D eigenvalue weighted by Gasteiger charge is 2.27. The monoisotopic (exact) mass is 478 g/mol. The minimum absolute atomic E-state index is 0.185. The number of hydrogen-bond acceptors (Lipinski definition) is 4. The van der Waals surface area contributed by atoms with Crippen LogP contribution in [-0.2, 0) is 9.53 Å². The number of benzene rings is 3. The molecule has 1 heterocycles. The molecule has 8 heteroatoms. The van der Waals surface area contributed by atoms with E-state index >= 15 is 0 Å². The van der Waals surface area contributed by atoms with Crippen LogP contribution < -0.4 is 10.2 Å². The van der Waals surface area contributed by atoms with E-state index in [4.69, 9.17) is 21.4 Å². The number of aliphatic carboxylic acids is 1. The zero-order valence-corrected chi connectivity index (χ0v) is 19.0. The molecule has 0 bridgehead atoms. The third-order valence-corrected chi connectivity index (χ3v) is 5.91. The first kappa shape index (κ1) is 23.5. The summed E-state index contributed by atoms with van der Waals surface area (Å²) in [6, 6.07) is 20.8. The number of carbonyl (C=O) groups excluding carboxylic acids is 2. The predicted octanol–water partition coefficient (Wildman–Crippen LogP) is 5.18. The lowest BCUT2D eigenvalue weighted by Gasteiger charge is -2.24. The molecule has 0 aromatic heterocycles. The van der Waals surface area contributed by atoms with E-state index in [1.54, 1.807) is 53.4 Å². The fraction of sp³-hybridized carbons (Fsp3) is 0.192. The number of hydrogen-bond donors (Lipinski definition) is 2. The second kappa shape index (κ2) is 10.5. The van der Waals surface area contributed by atoms with E-state index in [1.165, 1.54) is 0 Å². The lowest BCUT2D eigenvalue weighted by molar-refractivity contribution is -0.144. The molecule has 3 aromatic carbocycles. The number of amides is 2. The molecule has 0 spiro atoms. The van der Waals surface area contributed by atoms with E-state index in [0.29, 0.717) is 46.9 Å². The zero-order valence-electron chi connectivity index (χ0n) is 18.2. The molecule has 4 rings (SSSR count). The highest BCUT2D eigenvalue weighted by atomic mass is 35.5. The fourth-order valence-electron chi connectivity index (χ4n) is 3.97. The van der Waals surface area contributed by atoms with Gasteiger partial charge in [0.1, 0.15) is 6.61 Å². The van der Waals surface area contributed by atoms with Crippen LogP contribution in [0.2, 0.25) is 5.02 Å². The Morgan fingerprint density at radius 2 is 1.71 bits per heavy atom. The normalized spacial score (nSPS) is 15.2. The second-order valence-electron chi connectivity index (χ2n) is 7.86. The lowest BCUT2D eigenvalue weighted by Crippen LogP contribution is -2.31. The van der Waals surface area contributed by atoms with Gasteiger partial charge in [-0.25, -0.2) is 4.79 Å². The minimum Gasteiger partial charge on any atom is -0.480 e. The molecule has 1 aliphatic heterocycles. The number of rotatable bonds is 6. The molecule has 2 N–H and O–H groups in total. The Bertz CT molecular complexity index is 1210. The number of carboxylic acid groups (broad SMARTS) is 1. The number of nitrogens with one attached hydrogen (secondary N) is 1. The molecule has 0 saturated heterocycles. The number of carbonyl (C=O) groups is 3. The van der Waals surface area contributed by atoms with Gasteiger partial charge in [-0.05, 0) is 55.3 Å². The quantitative estimate of drug-likeness (QED) is 0.509. The van der Waals surface area contributed by atoms with Gasteiger partial charge >= 0.3 is 5.97 Å². The van der Waals surface area contributed by atoms with Gasteiger partial charge in [-0.3, -0.25) is 9.59 Å². The smallest absolute Gasteiger partial charge is 0.329 e. The van der Waals surface area contributed by atoms with Gasteiger partial charge in [0.25, 0.3) is 11.8 Å². The van der Waals surface area contributed by atoms with Crippen LogP contribution in [0.1, 0.15) is 45.2 Å². The average Bonchev–Trinajstić information content (AvgIpc) is 3.02. The molecular formula is C26H23ClN2O5. The number of para-hydroxylation sites is 1. The van der Waals surface area contributed by atoms with Gasteiger partial charge in [-0.1, -0.05) is 41.9 Å². The van der Waals surface area contributed by atoms with Gasteiger partial charge in [0.15, 0.2) is 0 Å². The SMILES string of the molecule is O=C(O)COC1CCCN(C(=O)c2ccc(NC(=O)c3ccccc3Cl)cc2)c2ccccc21. The number of ether oxygens (including phenoxy) is 1. The third-order valence-electron chi connectivity index (χ3n) is 5.58. The van der Waals surface area contributed by atoms with Crippen molar-refractivity contribution in [2.75, 3.05) is 23.4 Å². The van der Waals surface area contributed by atoms with Crippen molar-refractivity contribution >= 4 is 40.8 Å². The van der Waals surface area contributed by atoms with Crippen molar-refractivity contribution in [3.63, 3.8) is 0 Å². The predicted molar refractivity (Wildman–Crippen MR) is 130 cm³/mol. The van der Waals surface area contributed by atoms with Crippen molar-refractivity contribution in [3.8, 4) is 0 Å². The van der Waals surface area contributed by atoms with Crippen molar-refractivity contribution < 1.29 is 24.2 Å². The summed E-state index contributed by atoms with van der Waals surface area (Å²) in [5.74, 6) is -1.55. The first-order valence-electron chi connectivity index (χ1n) is 10.8. The van der Waals surface area contributed by atoms with Gasteiger partial charge in [-0.2, -0.15) is 0 Å². The summed E-state index contributed by atoms with van der Waals surface area (Å²) in [5, 5.41) is 12.1. The first-order chi connectivity index (χ1) is 16.4. The van der Waals surface area contributed by atoms with Crippen molar-refractivity contribution in [3.05, 3.63) is 94.5 Å². The molecule has 0 fully saturated rings. The molecule has 2 amide bonds. The molecule has 1 unspecified atom stereocenters. The molecule has 1 aliphatic rings. The number of carboxylic acids is 1. The van der Waals surface area contributed by atoms with Crippen LogP contribution in [0.5, 0.6) is 0 Å². The number of anilines is 2. The Morgan fingerprint density at radius 3 is 2.44 bits per heavy atom. The summed E-state index contributed by atoms with van der Waals surface area (Å²) < 4.78 is 5.60. The van der Waals surface area contributed by atoms with Crippen LogP contribution in [0.15, 0.2) is 72.8 Å². The summed E-state index contributed by atoms with van der Waals surface area (Å²) in [4.78, 5) is 38.5. The van der Waals surface area contributed by atoms with Gasteiger partial charge in [0.05, 0.1) is 16.7 Å². The molecule has 34 heavy (non-hydrogen) atoms. The molecule has 1 atom stereocenters. The van der Waals surface area contributed by atoms with Crippen LogP contribution in [0, 0.1) is 0 Å². The topological polar surface area (TPSA) is 95.9 Å². The highest BCUT2D eigenvalue weighted by molar-refractivity contribution is 6.34. The molecule has 7 nitrogen and oxygen atoms in total. The van der Waals surface area contributed by atoms with E-state index < -0.39 is 18.7 Å². The molecule has 0 saturated carbocycles. The van der Waals surface area contributed by atoms with Gasteiger partial charge in [-0.15, -0.1) is 0 Å². The molecule has 0 aliphatic carbocycles. The summed E-state index contributed by atoms with van der Waals surface area (Å²) in [7, 11) is 0. The van der Waals surface area contributed by atoms with Crippen molar-refractivity contribution in [2.45, 2.75) is 18.9 Å². The van der Waals surface area contributed by atoms with Crippen molar-refractivity contribution in [2.24, 2.45) is 0 Å². The standard InChI is InChI=1S/C26H23ClN2O5/c27-21-8-3-1-6-19(21)25(32)28-18-13-11-17(12-14-18)26(33)29-15-5-10-23(34-16-24(30)31)20-7-2-4-9-22(20)29/h1-4,6-9,11-14,23H,5,10,15-16H2,(H,28,32)(H,30,31). The van der Waals surface area contributed by atoms with E-state index in [2.05, 4.69) is 5.32 Å². The maximum atomic E-state index is 13.4. The summed E-state index contributed by atoms with van der Waals surface area (Å²) >= 11 is 6.09. The van der Waals surface area contributed by atoms with E-state index in [-0.39, 0.29) is 11.8 Å². The molecular weight excluding hydrogens is 456 g/mol. The molecule has 0 radical (unpaired) electrons. The maximum absolute atomic E-state index is 13.4. The Balaban J connectivity index is 1.51. The van der Waals surface area contributed by atoms with Crippen LogP contribution in [0.3, 0.4) is 0 Å². The molecule has 3 aromatic rings. The average molecular weight is 479 g/mol. The maximum Gasteiger partial charge on any atom is 0.329 e. The summed E-state index contributed by atoms with van der Waals surface area (Å²) in [5.41, 5.74) is 2.87. The summed E-state index contributed by atoms with van der Waals surface area (Å²) in [6.45, 7) is 0.0854. The Kier molecular flexibility index (Phi) is 7.25. The van der Waals surface area contributed by atoms with Crippen LogP contribution in [0.4, 0.5) is 11.4 Å². The molecule has 174 valence electrons. The Hall–Kier alpha value is -3.68. The van der Waals surface area contributed by atoms with Crippen molar-refractivity contribution in [1.82, 2.24) is 0 Å². The Morgan fingerprint density at radius 1 is 1.00 bits per heavy atom. The Labute approximate surface area is 201 Å². The van der Waals surface area contributed by atoms with Crippen LogP contribution >= 0.6 is 11.6 Å². The zero-order chi connectivity index (χ0) is 24.1. The minimum atomic E-state index is -1.03. The van der Waals surface area contributed by atoms with Gasteiger partial charge in [0, 0.05) is 29.0 Å². The van der Waals surface area contributed by atoms with Crippen LogP contribution in [-0.4, -0.2) is 36.0 Å². The van der Waals surface area contributed by atoms with E-state index in [9.17, 15) is 14.4 Å². The van der Waals surface area contributed by atoms with Crippen LogP contribution in [0.25, 0.3) is 0 Å².